The van der Waals surface area contributed by atoms with E-state index in [4.69, 9.17) is 27.9 Å². The first-order valence-corrected chi connectivity index (χ1v) is 11.8. The third-order valence-electron chi connectivity index (χ3n) is 5.72. The summed E-state index contributed by atoms with van der Waals surface area (Å²) in [4.78, 5) is 38.5. The standard InChI is InChI=1S/C28H17Cl2FN2O4/c29-23-13-17(12-22-26(34)32-28(36)33(27(22)35)21-9-7-20(31)8-10-21)14-24(30)25(23)37-15-16-5-6-18-3-1-2-4-19(18)11-16/h1-14H,15H2,(H,32,34,36)/b22-12+. The molecular weight excluding hydrogens is 518 g/mol. The van der Waals surface area contributed by atoms with Crippen LogP contribution in [0.2, 0.25) is 10.0 Å². The number of halogens is 3. The van der Waals surface area contributed by atoms with Crippen LogP contribution in [0.15, 0.2) is 84.4 Å². The molecule has 0 atom stereocenters. The van der Waals surface area contributed by atoms with Crippen molar-refractivity contribution in [3.8, 4) is 5.75 Å². The molecule has 1 heterocycles. The van der Waals surface area contributed by atoms with Gasteiger partial charge in [0.25, 0.3) is 11.8 Å². The highest BCUT2D eigenvalue weighted by molar-refractivity contribution is 6.40. The molecule has 6 nitrogen and oxygen atoms in total. The van der Waals surface area contributed by atoms with Gasteiger partial charge in [0.1, 0.15) is 18.0 Å². The molecule has 1 aliphatic heterocycles. The Morgan fingerprint density at radius 2 is 1.54 bits per heavy atom. The summed E-state index contributed by atoms with van der Waals surface area (Å²) in [5, 5.41) is 4.65. The van der Waals surface area contributed by atoms with Crippen molar-refractivity contribution >= 4 is 63.6 Å². The monoisotopic (exact) mass is 534 g/mol. The molecule has 4 aromatic carbocycles. The van der Waals surface area contributed by atoms with Crippen LogP contribution >= 0.6 is 23.2 Å². The van der Waals surface area contributed by atoms with Crippen LogP contribution in [0, 0.1) is 5.82 Å². The molecule has 37 heavy (non-hydrogen) atoms. The number of benzene rings is 4. The zero-order valence-corrected chi connectivity index (χ0v) is 20.5. The minimum absolute atomic E-state index is 0.107. The summed E-state index contributed by atoms with van der Waals surface area (Å²) in [6, 6.07) is 20.7. The lowest BCUT2D eigenvalue weighted by molar-refractivity contribution is -0.122. The van der Waals surface area contributed by atoms with Gasteiger partial charge in [-0.25, -0.2) is 14.1 Å². The summed E-state index contributed by atoms with van der Waals surface area (Å²) in [5.74, 6) is -2.03. The van der Waals surface area contributed by atoms with Crippen molar-refractivity contribution < 1.29 is 23.5 Å². The molecule has 0 radical (unpaired) electrons. The summed E-state index contributed by atoms with van der Waals surface area (Å²) in [5.41, 5.74) is 1.06. The molecule has 0 spiro atoms. The summed E-state index contributed by atoms with van der Waals surface area (Å²) < 4.78 is 19.2. The molecule has 9 heteroatoms. The van der Waals surface area contributed by atoms with Crippen molar-refractivity contribution in [2.45, 2.75) is 6.61 Å². The predicted octanol–water partition coefficient (Wildman–Crippen LogP) is 6.53. The van der Waals surface area contributed by atoms with E-state index in [0.717, 1.165) is 33.4 Å². The summed E-state index contributed by atoms with van der Waals surface area (Å²) in [7, 11) is 0. The molecule has 0 saturated carbocycles. The van der Waals surface area contributed by atoms with Crippen molar-refractivity contribution in [3.63, 3.8) is 0 Å². The van der Waals surface area contributed by atoms with E-state index in [9.17, 15) is 18.8 Å². The molecule has 184 valence electrons. The van der Waals surface area contributed by atoms with Crippen LogP contribution in [0.1, 0.15) is 11.1 Å². The molecule has 0 unspecified atom stereocenters. The first-order chi connectivity index (χ1) is 17.8. The van der Waals surface area contributed by atoms with Crippen molar-refractivity contribution in [2.75, 3.05) is 4.90 Å². The highest BCUT2D eigenvalue weighted by Crippen LogP contribution is 2.36. The third-order valence-corrected chi connectivity index (χ3v) is 6.28. The zero-order chi connectivity index (χ0) is 26.1. The van der Waals surface area contributed by atoms with Crippen molar-refractivity contribution in [3.05, 3.63) is 111 Å². The maximum atomic E-state index is 13.3. The first kappa shape index (κ1) is 24.5. The fraction of sp³-hybridized carbons (Fsp3) is 0.0357. The van der Waals surface area contributed by atoms with Gasteiger partial charge in [-0.05, 0) is 70.4 Å². The van der Waals surface area contributed by atoms with Gasteiger partial charge in [-0.2, -0.15) is 0 Å². The van der Waals surface area contributed by atoms with E-state index in [1.165, 1.54) is 30.3 Å². The number of rotatable bonds is 5. The Bertz CT molecular complexity index is 1580. The SMILES string of the molecule is O=C1NC(=O)N(c2ccc(F)cc2)C(=O)/C1=C/c1cc(Cl)c(OCc2ccc3ccccc3c2)c(Cl)c1. The summed E-state index contributed by atoms with van der Waals surface area (Å²) in [6.07, 6.45) is 1.27. The lowest BCUT2D eigenvalue weighted by atomic mass is 10.1. The summed E-state index contributed by atoms with van der Waals surface area (Å²) >= 11 is 12.8. The number of barbiturate groups is 1. The number of nitrogens with zero attached hydrogens (tertiary/aromatic N) is 1. The van der Waals surface area contributed by atoms with E-state index in [0.29, 0.717) is 5.56 Å². The van der Waals surface area contributed by atoms with Gasteiger partial charge in [0.15, 0.2) is 5.75 Å². The number of amides is 4. The normalized spacial score (nSPS) is 14.8. The van der Waals surface area contributed by atoms with Crippen molar-refractivity contribution in [2.24, 2.45) is 0 Å². The van der Waals surface area contributed by atoms with Crippen molar-refractivity contribution in [1.82, 2.24) is 5.32 Å². The molecule has 1 aliphatic rings. The first-order valence-electron chi connectivity index (χ1n) is 11.1. The molecule has 0 aliphatic carbocycles. The number of hydrogen-bond donors (Lipinski definition) is 1. The van der Waals surface area contributed by atoms with Gasteiger partial charge in [-0.15, -0.1) is 0 Å². The largest absolute Gasteiger partial charge is 0.486 e. The van der Waals surface area contributed by atoms with Crippen molar-refractivity contribution in [1.29, 1.82) is 0 Å². The molecule has 0 bridgehead atoms. The lowest BCUT2D eigenvalue weighted by Crippen LogP contribution is -2.54. The van der Waals surface area contributed by atoms with Gasteiger partial charge in [0.05, 0.1) is 15.7 Å². The maximum Gasteiger partial charge on any atom is 0.335 e. The second kappa shape index (κ2) is 10.0. The molecule has 1 saturated heterocycles. The highest BCUT2D eigenvalue weighted by Gasteiger charge is 2.36. The highest BCUT2D eigenvalue weighted by atomic mass is 35.5. The van der Waals surface area contributed by atoms with E-state index in [2.05, 4.69) is 5.32 Å². The number of ether oxygens (including phenoxy) is 1. The lowest BCUT2D eigenvalue weighted by Gasteiger charge is -2.26. The Hall–Kier alpha value is -4.20. The Labute approximate surface area is 220 Å². The van der Waals surface area contributed by atoms with Crippen LogP contribution in [-0.4, -0.2) is 17.8 Å². The van der Waals surface area contributed by atoms with Gasteiger partial charge in [-0.1, -0.05) is 59.6 Å². The van der Waals surface area contributed by atoms with Gasteiger partial charge in [0.2, 0.25) is 0 Å². The quantitative estimate of drug-likeness (QED) is 0.233. The number of nitrogens with one attached hydrogen (secondary N) is 1. The molecule has 1 fully saturated rings. The number of anilines is 1. The second-order valence-electron chi connectivity index (χ2n) is 8.22. The van der Waals surface area contributed by atoms with Gasteiger partial charge in [-0.3, -0.25) is 14.9 Å². The summed E-state index contributed by atoms with van der Waals surface area (Å²) in [6.45, 7) is 0.223. The molecule has 5 rings (SSSR count). The Kier molecular flexibility index (Phi) is 6.65. The van der Waals surface area contributed by atoms with Crippen LogP contribution in [0.4, 0.5) is 14.9 Å². The average Bonchev–Trinajstić information content (AvgIpc) is 2.87. The number of imide groups is 2. The fourth-order valence-corrected chi connectivity index (χ4v) is 4.55. The minimum Gasteiger partial charge on any atom is -0.486 e. The second-order valence-corrected chi connectivity index (χ2v) is 9.03. The van der Waals surface area contributed by atoms with Crippen LogP contribution in [0.5, 0.6) is 5.75 Å². The van der Waals surface area contributed by atoms with Crippen LogP contribution in [0.3, 0.4) is 0 Å². The number of urea groups is 1. The Morgan fingerprint density at radius 3 is 2.24 bits per heavy atom. The fourth-order valence-electron chi connectivity index (χ4n) is 3.93. The molecular formula is C28H17Cl2FN2O4. The van der Waals surface area contributed by atoms with Gasteiger partial charge >= 0.3 is 6.03 Å². The number of carbonyl (C=O) groups is 3. The number of fused-ring (bicyclic) bond motifs is 1. The minimum atomic E-state index is -0.938. The number of hydrogen-bond acceptors (Lipinski definition) is 4. The smallest absolute Gasteiger partial charge is 0.335 e. The topological polar surface area (TPSA) is 75.7 Å². The molecule has 4 amide bonds. The van der Waals surface area contributed by atoms with Gasteiger partial charge in [0, 0.05) is 0 Å². The van der Waals surface area contributed by atoms with E-state index < -0.39 is 23.7 Å². The van der Waals surface area contributed by atoms with E-state index >= 15 is 0 Å². The van der Waals surface area contributed by atoms with Crippen LogP contribution in [-0.2, 0) is 16.2 Å². The molecule has 1 N–H and O–H groups in total. The third kappa shape index (κ3) is 5.05. The van der Waals surface area contributed by atoms with Crippen LogP contribution in [0.25, 0.3) is 16.8 Å². The van der Waals surface area contributed by atoms with Crippen LogP contribution < -0.4 is 15.0 Å². The maximum absolute atomic E-state index is 13.3. The van der Waals surface area contributed by atoms with E-state index in [1.54, 1.807) is 0 Å². The molecule has 4 aromatic rings. The molecule has 0 aromatic heterocycles. The predicted molar refractivity (Wildman–Crippen MR) is 140 cm³/mol. The number of carbonyl (C=O) groups excluding carboxylic acids is 3. The Balaban J connectivity index is 1.39. The van der Waals surface area contributed by atoms with Gasteiger partial charge < -0.3 is 4.74 Å². The zero-order valence-electron chi connectivity index (χ0n) is 19.0. The van der Waals surface area contributed by atoms with E-state index in [1.807, 2.05) is 42.5 Å². The Morgan fingerprint density at radius 1 is 0.865 bits per heavy atom. The average molecular weight is 535 g/mol. The van der Waals surface area contributed by atoms with E-state index in [-0.39, 0.29) is 33.7 Å².